The molecule has 0 unspecified atom stereocenters. The molecule has 4 aliphatic carbocycles. The summed E-state index contributed by atoms with van der Waals surface area (Å²) in [5.74, 6) is 1.24. The number of imidazole rings is 2. The standard InChI is InChI=1S/2C23H22N2O4/c2*1-22-12-23(13-22,14-27-22)19-11-25-10-17(21(26)29-15-5-3-2-4-6-15)18(9-20(25)24-19)28-16-7-8-16/h2*2-6,9-11,16H,7-8,12-14H2,1H3. The van der Waals surface area contributed by atoms with Crippen LogP contribution in [0.25, 0.3) is 11.3 Å². The molecule has 14 rings (SSSR count). The second kappa shape index (κ2) is 12.9. The van der Waals surface area contributed by atoms with E-state index in [1.807, 2.05) is 69.7 Å². The van der Waals surface area contributed by atoms with E-state index in [1.165, 1.54) is 0 Å². The van der Waals surface area contributed by atoms with Crippen molar-refractivity contribution in [1.82, 2.24) is 18.8 Å². The number of para-hydroxylation sites is 2. The van der Waals surface area contributed by atoms with E-state index >= 15 is 0 Å². The number of esters is 2. The Morgan fingerprint density at radius 1 is 0.603 bits per heavy atom. The number of rotatable bonds is 10. The van der Waals surface area contributed by atoms with E-state index in [4.69, 9.17) is 38.4 Å². The van der Waals surface area contributed by atoms with Gasteiger partial charge in [-0.2, -0.15) is 0 Å². The van der Waals surface area contributed by atoms with Gasteiger partial charge < -0.3 is 37.2 Å². The zero-order chi connectivity index (χ0) is 39.3. The fraction of sp³-hybridized carbons (Fsp3) is 0.391. The van der Waals surface area contributed by atoms with Gasteiger partial charge >= 0.3 is 11.9 Å². The summed E-state index contributed by atoms with van der Waals surface area (Å²) >= 11 is 0. The predicted octanol–water partition coefficient (Wildman–Crippen LogP) is 7.83. The molecule has 12 heteroatoms. The van der Waals surface area contributed by atoms with E-state index in [0.29, 0.717) is 47.3 Å². The number of ether oxygens (including phenoxy) is 6. The van der Waals surface area contributed by atoms with Gasteiger partial charge in [0, 0.05) is 47.8 Å². The van der Waals surface area contributed by atoms with Crippen LogP contribution in [0.3, 0.4) is 0 Å². The molecule has 4 saturated heterocycles. The first kappa shape index (κ1) is 35.4. The van der Waals surface area contributed by atoms with Gasteiger partial charge in [0.05, 0.1) is 48.0 Å². The first-order chi connectivity index (χ1) is 28.0. The van der Waals surface area contributed by atoms with E-state index in [2.05, 4.69) is 13.8 Å². The minimum atomic E-state index is -0.428. The third kappa shape index (κ3) is 6.39. The van der Waals surface area contributed by atoms with E-state index in [9.17, 15) is 9.59 Å². The lowest BCUT2D eigenvalue weighted by atomic mass is 9.62. The maximum Gasteiger partial charge on any atom is 0.348 e. The molecule has 2 aromatic carbocycles. The summed E-state index contributed by atoms with van der Waals surface area (Å²) in [6, 6.07) is 21.9. The maximum atomic E-state index is 12.9. The average Bonchev–Trinajstić information content (AvgIpc) is 3.86. The van der Waals surface area contributed by atoms with Gasteiger partial charge in [0.1, 0.15) is 45.4 Å². The van der Waals surface area contributed by atoms with Crippen LogP contribution in [0.5, 0.6) is 23.0 Å². The molecular formula is C46H44N4O8. The SMILES string of the molecule is CC12CC(c3cn4cc(C(=O)Oc5ccccc5)c(OC5CC5)cc4n3)(CO1)C2.CC12CC(c3cn4cc(C(=O)Oc5ccccc5)c(OC5CC5)cc4n3)(CO1)C2. The summed E-state index contributed by atoms with van der Waals surface area (Å²) in [6.45, 7) is 5.74. The second-order valence-electron chi connectivity index (χ2n) is 17.7. The van der Waals surface area contributed by atoms with Crippen molar-refractivity contribution in [2.24, 2.45) is 0 Å². The zero-order valence-corrected chi connectivity index (χ0v) is 32.5. The molecule has 0 amide bonds. The lowest BCUT2D eigenvalue weighted by Crippen LogP contribution is -2.45. The van der Waals surface area contributed by atoms with E-state index in [1.54, 1.807) is 36.7 Å². The van der Waals surface area contributed by atoms with Gasteiger partial charge in [-0.15, -0.1) is 0 Å². The van der Waals surface area contributed by atoms with E-state index < -0.39 is 11.9 Å². The topological polar surface area (TPSA) is 124 Å². The Kier molecular flexibility index (Phi) is 7.88. The molecule has 8 fully saturated rings. The Labute approximate surface area is 335 Å². The van der Waals surface area contributed by atoms with Gasteiger partial charge in [0.25, 0.3) is 0 Å². The zero-order valence-electron chi connectivity index (χ0n) is 32.5. The van der Waals surface area contributed by atoms with Crippen LogP contribution in [0.1, 0.15) is 97.3 Å². The van der Waals surface area contributed by atoms with Crippen LogP contribution in [0, 0.1) is 0 Å². The number of hydrogen-bond acceptors (Lipinski definition) is 10. The monoisotopic (exact) mass is 780 g/mol. The van der Waals surface area contributed by atoms with Crippen molar-refractivity contribution >= 4 is 23.2 Å². The van der Waals surface area contributed by atoms with Gasteiger partial charge in [-0.05, 0) is 89.5 Å². The number of aromatic nitrogens is 4. The van der Waals surface area contributed by atoms with Crippen LogP contribution in [0.4, 0.5) is 0 Å². The normalized spacial score (nSPS) is 27.6. The number of carbonyl (C=O) groups is 2. The fourth-order valence-electron chi connectivity index (χ4n) is 9.38. The quantitative estimate of drug-likeness (QED) is 0.100. The van der Waals surface area contributed by atoms with Crippen molar-refractivity contribution in [3.63, 3.8) is 0 Å². The fourth-order valence-corrected chi connectivity index (χ4v) is 9.38. The highest BCUT2D eigenvalue weighted by atomic mass is 16.5. The Hall–Kier alpha value is -5.72. The second-order valence-corrected chi connectivity index (χ2v) is 17.7. The molecule has 0 radical (unpaired) electrons. The summed E-state index contributed by atoms with van der Waals surface area (Å²) in [6.07, 6.45) is 16.0. The van der Waals surface area contributed by atoms with Crippen molar-refractivity contribution in [3.05, 3.63) is 120 Å². The molecule has 8 aliphatic rings. The summed E-state index contributed by atoms with van der Waals surface area (Å²) in [7, 11) is 0. The van der Waals surface area contributed by atoms with Crippen molar-refractivity contribution in [2.45, 2.75) is 99.5 Å². The number of benzene rings is 2. The molecule has 6 aromatic rings. The molecule has 4 aromatic heterocycles. The molecule has 296 valence electrons. The molecule has 58 heavy (non-hydrogen) atoms. The summed E-state index contributed by atoms with van der Waals surface area (Å²) in [4.78, 5) is 35.5. The van der Waals surface area contributed by atoms with Crippen molar-refractivity contribution in [3.8, 4) is 23.0 Å². The molecule has 4 aliphatic heterocycles. The number of hydrogen-bond donors (Lipinski definition) is 0. The molecule has 4 saturated carbocycles. The minimum absolute atomic E-state index is 0.000690. The highest BCUT2D eigenvalue weighted by Gasteiger charge is 2.62. The molecule has 0 spiro atoms. The van der Waals surface area contributed by atoms with Crippen LogP contribution in [0.15, 0.2) is 97.6 Å². The number of pyridine rings is 2. The lowest BCUT2D eigenvalue weighted by molar-refractivity contribution is 0.0151. The highest BCUT2D eigenvalue weighted by Crippen LogP contribution is 2.59. The summed E-state index contributed by atoms with van der Waals surface area (Å²) in [5, 5.41) is 0. The summed E-state index contributed by atoms with van der Waals surface area (Å²) < 4.78 is 38.9. The number of nitrogens with zero attached hydrogens (tertiary/aromatic N) is 4. The highest BCUT2D eigenvalue weighted by molar-refractivity contribution is 5.95. The first-order valence-electron chi connectivity index (χ1n) is 20.3. The van der Waals surface area contributed by atoms with Crippen molar-refractivity contribution < 1.29 is 38.0 Å². The number of fused-ring (bicyclic) bond motifs is 4. The van der Waals surface area contributed by atoms with E-state index in [-0.39, 0.29) is 34.2 Å². The van der Waals surface area contributed by atoms with Crippen LogP contribution in [-0.4, -0.2) is 67.3 Å². The van der Waals surface area contributed by atoms with Gasteiger partial charge in [-0.25, -0.2) is 19.6 Å². The molecular weight excluding hydrogens is 737 g/mol. The third-order valence-electron chi connectivity index (χ3n) is 12.4. The van der Waals surface area contributed by atoms with Crippen LogP contribution < -0.4 is 18.9 Å². The Morgan fingerprint density at radius 2 is 1.00 bits per heavy atom. The van der Waals surface area contributed by atoms with Gasteiger partial charge in [-0.1, -0.05) is 36.4 Å². The van der Waals surface area contributed by atoms with Crippen LogP contribution in [0.2, 0.25) is 0 Å². The third-order valence-corrected chi connectivity index (χ3v) is 12.4. The molecule has 4 bridgehead atoms. The summed E-state index contributed by atoms with van der Waals surface area (Å²) in [5.41, 5.74) is 4.44. The largest absolute Gasteiger partial charge is 0.489 e. The minimum Gasteiger partial charge on any atom is -0.489 e. The molecule has 8 heterocycles. The van der Waals surface area contributed by atoms with E-state index in [0.717, 1.165) is 74.0 Å². The maximum absolute atomic E-state index is 12.9. The lowest BCUT2D eigenvalue weighted by Gasteiger charge is -2.41. The Balaban J connectivity index is 0.000000133. The molecule has 0 atom stereocenters. The first-order valence-corrected chi connectivity index (χ1v) is 20.3. The van der Waals surface area contributed by atoms with Crippen molar-refractivity contribution in [2.75, 3.05) is 13.2 Å². The predicted molar refractivity (Wildman–Crippen MR) is 211 cm³/mol. The average molecular weight is 781 g/mol. The molecule has 0 N–H and O–H groups in total. The van der Waals surface area contributed by atoms with Gasteiger partial charge in [-0.3, -0.25) is 0 Å². The molecule has 12 nitrogen and oxygen atoms in total. The van der Waals surface area contributed by atoms with Crippen LogP contribution >= 0.6 is 0 Å². The number of carbonyl (C=O) groups excluding carboxylic acids is 2. The Bertz CT molecular complexity index is 2400. The van der Waals surface area contributed by atoms with Crippen LogP contribution in [-0.2, 0) is 20.3 Å². The Morgan fingerprint density at radius 3 is 1.34 bits per heavy atom. The van der Waals surface area contributed by atoms with Gasteiger partial charge in [0.2, 0.25) is 0 Å². The van der Waals surface area contributed by atoms with Gasteiger partial charge in [0.15, 0.2) is 0 Å². The smallest absolute Gasteiger partial charge is 0.348 e. The van der Waals surface area contributed by atoms with Crippen molar-refractivity contribution in [1.29, 1.82) is 0 Å².